The number of nitrogens with zero attached hydrogens (tertiary/aromatic N) is 2. The minimum Gasteiger partial charge on any atom is -0.456 e. The van der Waals surface area contributed by atoms with Crippen LogP contribution in [0.15, 0.2) is 409 Å². The van der Waals surface area contributed by atoms with Gasteiger partial charge in [0, 0.05) is 67.2 Å². The van der Waals surface area contributed by atoms with Gasteiger partial charge in [-0.3, -0.25) is 0 Å². The molecule has 6 heteroatoms. The zero-order valence-corrected chi connectivity index (χ0v) is 65.0. The van der Waals surface area contributed by atoms with Crippen LogP contribution < -0.4 is 51.3 Å². The van der Waals surface area contributed by atoms with Gasteiger partial charge < -0.3 is 18.6 Å². The maximum absolute atomic E-state index is 6.83. The molecule has 2 aromatic heterocycles. The van der Waals surface area contributed by atoms with E-state index in [9.17, 15) is 0 Å². The summed E-state index contributed by atoms with van der Waals surface area (Å²) in [5.74, 6) is 0.320. The van der Waals surface area contributed by atoms with Crippen LogP contribution in [-0.4, -0.2) is 16.1 Å². The van der Waals surface area contributed by atoms with Crippen LogP contribution in [0.4, 0.5) is 34.1 Å². The van der Waals surface area contributed by atoms with Crippen molar-refractivity contribution in [1.29, 1.82) is 0 Å². The van der Waals surface area contributed by atoms with Crippen LogP contribution in [0.25, 0.3) is 98.4 Å². The molecule has 0 unspecified atom stereocenters. The fourth-order valence-corrected chi connectivity index (χ4v) is 28.0. The summed E-state index contributed by atoms with van der Waals surface area (Å²) in [6.07, 6.45) is 0. The fraction of sp³-hybridized carbons (Fsp3) is 0.0566. The Kier molecular flexibility index (Phi) is 17.0. The van der Waals surface area contributed by atoms with E-state index in [4.69, 9.17) is 8.83 Å². The third kappa shape index (κ3) is 11.2. The summed E-state index contributed by atoms with van der Waals surface area (Å²) in [5, 5.41) is 22.4. The summed E-state index contributed by atoms with van der Waals surface area (Å²) in [5.41, 5.74) is 16.8. The Hall–Kier alpha value is -13.4. The van der Waals surface area contributed by atoms with Crippen LogP contribution in [0, 0.1) is 0 Å². The van der Waals surface area contributed by atoms with Gasteiger partial charge in [0.15, 0.2) is 16.1 Å². The summed E-state index contributed by atoms with van der Waals surface area (Å²) in [6, 6.07) is 150. The Balaban J connectivity index is 0.780. The molecule has 0 spiro atoms. The van der Waals surface area contributed by atoms with Crippen molar-refractivity contribution in [2.24, 2.45) is 0 Å². The molecule has 2 heterocycles. The van der Waals surface area contributed by atoms with E-state index in [1.54, 1.807) is 0 Å². The average Bonchev–Trinajstić information content (AvgIpc) is 0.765. The second-order valence-corrected chi connectivity index (χ2v) is 38.1. The Morgan fingerprint density at radius 1 is 0.205 bits per heavy atom. The maximum atomic E-state index is 6.83. The highest BCUT2D eigenvalue weighted by Gasteiger charge is 2.43. The van der Waals surface area contributed by atoms with Crippen LogP contribution in [0.5, 0.6) is 0 Å². The second kappa shape index (κ2) is 27.9. The van der Waals surface area contributed by atoms with Crippen LogP contribution in [0.2, 0.25) is 0 Å². The van der Waals surface area contributed by atoms with Crippen LogP contribution in [-0.2, 0) is 0 Å². The molecule has 20 rings (SSSR count). The van der Waals surface area contributed by atoms with Crippen molar-refractivity contribution in [3.63, 3.8) is 0 Å². The lowest BCUT2D eigenvalue weighted by atomic mass is 9.84. The summed E-state index contributed by atoms with van der Waals surface area (Å²) < 4.78 is 13.7. The van der Waals surface area contributed by atoms with Crippen molar-refractivity contribution in [1.82, 2.24) is 0 Å². The molecule has 0 amide bonds. The van der Waals surface area contributed by atoms with E-state index < -0.39 is 16.1 Å². The molecule has 0 saturated carbocycles. The van der Waals surface area contributed by atoms with Crippen molar-refractivity contribution in [2.45, 2.75) is 39.5 Å². The standard InChI is InChI=1S/C106H80N2O2Si2/c1-71(2)97-69-99(107(79-53-59-91-89-45-23-25-47-101(89)109-103(91)67-79)77-31-27-29-75(65-77)73-49-55-87(56-50-73)111(81-33-11-5-12-34-81,82-35-13-6-14-36-82)83-37-15-7-16-38-83)95-64-62-94-98(72(3)4)70-100(96-63-61-93(97)105(95)106(94)96)108(80-54-60-92-90-46-24-26-48-102(90)110-104(92)68-80)78-32-28-30-76(66-78)74-51-57-88(58-52-74)112(84-39-17-8-18-40-84,85-41-19-9-20-42-85)86-43-21-10-22-44-86/h5-72H,1-4H3. The lowest BCUT2D eigenvalue weighted by molar-refractivity contribution is 0.668. The molecule has 18 aromatic carbocycles. The summed E-state index contributed by atoms with van der Waals surface area (Å²) in [6.45, 7) is 9.41. The topological polar surface area (TPSA) is 32.8 Å². The number of hydrogen-bond acceptors (Lipinski definition) is 4. The molecule has 4 nitrogen and oxygen atoms in total. The van der Waals surface area contributed by atoms with E-state index in [0.717, 1.165) is 111 Å². The van der Waals surface area contributed by atoms with Crippen molar-refractivity contribution in [3.05, 3.63) is 412 Å². The predicted octanol–water partition coefficient (Wildman–Crippen LogP) is 23.7. The van der Waals surface area contributed by atoms with Gasteiger partial charge in [-0.2, -0.15) is 0 Å². The van der Waals surface area contributed by atoms with E-state index >= 15 is 0 Å². The number of anilines is 6. The minimum absolute atomic E-state index is 0.160. The quantitative estimate of drug-likeness (QED) is 0.0487. The number of hydrogen-bond donors (Lipinski definition) is 0. The van der Waals surface area contributed by atoms with Gasteiger partial charge in [-0.25, -0.2) is 0 Å². The molecule has 0 saturated heterocycles. The van der Waals surface area contributed by atoms with Crippen molar-refractivity contribution < 1.29 is 8.83 Å². The number of benzene rings is 18. The third-order valence-electron chi connectivity index (χ3n) is 23.6. The van der Waals surface area contributed by atoms with E-state index in [-0.39, 0.29) is 11.8 Å². The highest BCUT2D eigenvalue weighted by molar-refractivity contribution is 7.20. The zero-order chi connectivity index (χ0) is 75.0. The second-order valence-electron chi connectivity index (χ2n) is 30.5. The van der Waals surface area contributed by atoms with Gasteiger partial charge >= 0.3 is 0 Å². The van der Waals surface area contributed by atoms with Gasteiger partial charge in [-0.1, -0.05) is 343 Å². The molecule has 0 aliphatic rings. The van der Waals surface area contributed by atoms with Gasteiger partial charge in [0.2, 0.25) is 0 Å². The first-order valence-electron chi connectivity index (χ1n) is 39.2. The van der Waals surface area contributed by atoms with Crippen molar-refractivity contribution in [3.8, 4) is 22.3 Å². The third-order valence-corrected chi connectivity index (χ3v) is 33.2. The number of fused-ring (bicyclic) bond motifs is 6. The van der Waals surface area contributed by atoms with Crippen LogP contribution >= 0.6 is 0 Å². The number of furan rings is 2. The highest BCUT2D eigenvalue weighted by Crippen LogP contribution is 2.52. The molecule has 0 fully saturated rings. The van der Waals surface area contributed by atoms with E-state index in [2.05, 4.69) is 438 Å². The van der Waals surface area contributed by atoms with Crippen LogP contribution in [0.1, 0.15) is 50.7 Å². The summed E-state index contributed by atoms with van der Waals surface area (Å²) in [4.78, 5) is 5.01. The highest BCUT2D eigenvalue weighted by atomic mass is 28.3. The molecular formula is C106H80N2O2Si2. The van der Waals surface area contributed by atoms with Gasteiger partial charge in [0.1, 0.15) is 22.3 Å². The van der Waals surface area contributed by atoms with E-state index in [1.807, 2.05) is 0 Å². The molecule has 0 bridgehead atoms. The molecule has 0 atom stereocenters. The molecule has 534 valence electrons. The first kappa shape index (κ1) is 67.9. The normalized spacial score (nSPS) is 12.1. The lowest BCUT2D eigenvalue weighted by Crippen LogP contribution is -2.74. The molecule has 112 heavy (non-hydrogen) atoms. The fourth-order valence-electron chi connectivity index (χ4n) is 18.5. The molecule has 0 N–H and O–H groups in total. The predicted molar refractivity (Wildman–Crippen MR) is 480 cm³/mol. The summed E-state index contributed by atoms with van der Waals surface area (Å²) in [7, 11) is -5.57. The van der Waals surface area contributed by atoms with Gasteiger partial charge in [0.25, 0.3) is 0 Å². The van der Waals surface area contributed by atoms with Gasteiger partial charge in [0.05, 0.1) is 11.4 Å². The van der Waals surface area contributed by atoms with Gasteiger partial charge in [-0.15, -0.1) is 0 Å². The Bertz CT molecular complexity index is 6250. The lowest BCUT2D eigenvalue weighted by Gasteiger charge is -2.34. The largest absolute Gasteiger partial charge is 0.456 e. The molecule has 0 aliphatic heterocycles. The number of para-hydroxylation sites is 2. The monoisotopic (exact) mass is 1470 g/mol. The first-order chi connectivity index (χ1) is 55.2. The van der Waals surface area contributed by atoms with Crippen molar-refractivity contribution >= 4 is 168 Å². The van der Waals surface area contributed by atoms with E-state index in [1.165, 1.54) is 74.2 Å². The SMILES string of the molecule is CC(C)c1cc(N(c2cccc(-c3ccc([Si](c4ccccc4)(c4ccccc4)c4ccccc4)cc3)c2)c2ccc3c(c2)oc2ccccc23)c2ccc3c(C(C)C)cc(N(c4cccc(-c5ccc([Si](c6ccccc6)(c6ccccc6)c6ccccc6)cc5)c4)c4ccc5c(c4)oc4ccccc45)c4ccc1c2c34. The van der Waals surface area contributed by atoms with Crippen molar-refractivity contribution in [2.75, 3.05) is 9.80 Å². The van der Waals surface area contributed by atoms with E-state index in [0.29, 0.717) is 0 Å². The Morgan fingerprint density at radius 3 is 0.812 bits per heavy atom. The van der Waals surface area contributed by atoms with Crippen LogP contribution in [0.3, 0.4) is 0 Å². The molecule has 20 aromatic rings. The maximum Gasteiger partial charge on any atom is 0.179 e. The first-order valence-corrected chi connectivity index (χ1v) is 43.2. The molecule has 0 radical (unpaired) electrons. The Morgan fingerprint density at radius 2 is 0.482 bits per heavy atom. The average molecular weight is 1470 g/mol. The molecule has 0 aliphatic carbocycles. The summed E-state index contributed by atoms with van der Waals surface area (Å²) >= 11 is 0. The molecular weight excluding hydrogens is 1390 g/mol. The Labute approximate surface area is 655 Å². The minimum atomic E-state index is -2.79. The smallest absolute Gasteiger partial charge is 0.179 e. The zero-order valence-electron chi connectivity index (χ0n) is 63.0. The van der Waals surface area contributed by atoms with Gasteiger partial charge in [-0.05, 0) is 181 Å². The number of rotatable bonds is 18.